The SMILES string of the molecule is O=C(O)C1CC2CCC(C1)N2C(=O)[C@H]1C[C@@](c2ccc(C(F)(C(F)(F)F)C(F)(F)F)cc2)(S(=O)(=O)c2ccc(F)cc2)C1. The Bertz CT molecular complexity index is 1490. The lowest BCUT2D eigenvalue weighted by Crippen LogP contribution is -2.57. The van der Waals surface area contributed by atoms with Crippen molar-refractivity contribution in [3.05, 3.63) is 65.5 Å². The second kappa shape index (κ2) is 10.2. The molecule has 0 aromatic heterocycles. The number of sulfone groups is 1. The lowest BCUT2D eigenvalue weighted by atomic mass is 9.69. The molecule has 1 N–H and O–H groups in total. The number of amides is 1. The summed E-state index contributed by atoms with van der Waals surface area (Å²) in [5.74, 6) is -3.71. The summed E-state index contributed by atoms with van der Waals surface area (Å²) in [6.45, 7) is 0. The van der Waals surface area contributed by atoms with Gasteiger partial charge in [-0.3, -0.25) is 9.59 Å². The molecule has 15 heteroatoms. The average Bonchev–Trinajstić information content (AvgIpc) is 3.15. The maximum atomic E-state index is 14.6. The third-order valence-corrected chi connectivity index (χ3v) is 11.6. The van der Waals surface area contributed by atoms with Gasteiger partial charge in [0, 0.05) is 23.6 Å². The Morgan fingerprint density at radius 3 is 1.72 bits per heavy atom. The molecule has 1 aliphatic carbocycles. The van der Waals surface area contributed by atoms with Gasteiger partial charge >= 0.3 is 24.0 Å². The van der Waals surface area contributed by atoms with Crippen molar-refractivity contribution in [1.29, 1.82) is 0 Å². The minimum absolute atomic E-state index is 0.226. The summed E-state index contributed by atoms with van der Waals surface area (Å²) >= 11 is 0. The fourth-order valence-electron chi connectivity index (χ4n) is 6.80. The van der Waals surface area contributed by atoms with E-state index in [1.165, 1.54) is 0 Å². The number of aliphatic carboxylic acids is 1. The van der Waals surface area contributed by atoms with Crippen LogP contribution in [0.1, 0.15) is 49.7 Å². The second-order valence-electron chi connectivity index (χ2n) is 11.4. The lowest BCUT2D eigenvalue weighted by Gasteiger charge is -2.49. The van der Waals surface area contributed by atoms with Gasteiger partial charge in [0.05, 0.1) is 10.8 Å². The van der Waals surface area contributed by atoms with E-state index in [1.54, 1.807) is 4.90 Å². The smallest absolute Gasteiger partial charge is 0.435 e. The molecule has 2 bridgehead atoms. The molecule has 2 heterocycles. The first kappa shape index (κ1) is 31.2. The lowest BCUT2D eigenvalue weighted by molar-refractivity contribution is -0.348. The monoisotopic (exact) mass is 639 g/mol. The van der Waals surface area contributed by atoms with Crippen molar-refractivity contribution in [2.24, 2.45) is 11.8 Å². The van der Waals surface area contributed by atoms with Gasteiger partial charge in [-0.15, -0.1) is 0 Å². The molecule has 2 aromatic rings. The van der Waals surface area contributed by atoms with Gasteiger partial charge in [-0.2, -0.15) is 26.3 Å². The molecular weight excluding hydrogens is 614 g/mol. The highest BCUT2D eigenvalue weighted by Gasteiger charge is 2.73. The number of hydrogen-bond acceptors (Lipinski definition) is 4. The van der Waals surface area contributed by atoms with Crippen molar-refractivity contribution in [3.8, 4) is 0 Å². The number of carboxylic acids is 1. The van der Waals surface area contributed by atoms with E-state index in [1.807, 2.05) is 0 Å². The number of carbonyl (C=O) groups excluding carboxylic acids is 1. The Balaban J connectivity index is 1.50. The van der Waals surface area contributed by atoms with Gasteiger partial charge in [0.15, 0.2) is 9.84 Å². The largest absolute Gasteiger partial charge is 0.481 e. The minimum atomic E-state index is -6.37. The van der Waals surface area contributed by atoms with Crippen LogP contribution >= 0.6 is 0 Å². The number of rotatable bonds is 6. The topological polar surface area (TPSA) is 91.8 Å². The van der Waals surface area contributed by atoms with E-state index >= 15 is 0 Å². The van der Waals surface area contributed by atoms with Crippen molar-refractivity contribution in [1.82, 2.24) is 4.90 Å². The molecule has 2 unspecified atom stereocenters. The molecule has 3 fully saturated rings. The van der Waals surface area contributed by atoms with E-state index in [0.717, 1.165) is 24.3 Å². The van der Waals surface area contributed by atoms with Crippen LogP contribution in [0.15, 0.2) is 53.4 Å². The Morgan fingerprint density at radius 2 is 1.28 bits per heavy atom. The summed E-state index contributed by atoms with van der Waals surface area (Å²) in [5.41, 5.74) is -7.78. The van der Waals surface area contributed by atoms with Gasteiger partial charge in [-0.1, -0.05) is 24.3 Å². The third-order valence-electron chi connectivity index (χ3n) is 9.07. The van der Waals surface area contributed by atoms with Crippen LogP contribution in [0, 0.1) is 17.7 Å². The van der Waals surface area contributed by atoms with Gasteiger partial charge in [-0.05, 0) is 68.4 Å². The van der Waals surface area contributed by atoms with Crippen LogP contribution < -0.4 is 0 Å². The zero-order valence-corrected chi connectivity index (χ0v) is 22.9. The van der Waals surface area contributed by atoms with Gasteiger partial charge in [0.25, 0.3) is 0 Å². The predicted molar refractivity (Wildman–Crippen MR) is 133 cm³/mol. The normalized spacial score (nSPS) is 28.0. The predicted octanol–water partition coefficient (Wildman–Crippen LogP) is 6.05. The molecule has 2 aliphatic heterocycles. The Kier molecular flexibility index (Phi) is 7.37. The summed E-state index contributed by atoms with van der Waals surface area (Å²) in [5, 5.41) is 9.42. The Morgan fingerprint density at radius 1 is 0.791 bits per heavy atom. The summed E-state index contributed by atoms with van der Waals surface area (Å²) in [7, 11) is -4.52. The Labute approximate surface area is 240 Å². The quantitative estimate of drug-likeness (QED) is 0.307. The maximum Gasteiger partial charge on any atom is 0.435 e. The number of fused-ring (bicyclic) bond motifs is 2. The van der Waals surface area contributed by atoms with Crippen molar-refractivity contribution in [2.75, 3.05) is 0 Å². The first-order valence-electron chi connectivity index (χ1n) is 13.3. The summed E-state index contributed by atoms with van der Waals surface area (Å²) in [6.07, 6.45) is -11.9. The van der Waals surface area contributed by atoms with Crippen LogP contribution in [0.3, 0.4) is 0 Å². The van der Waals surface area contributed by atoms with Crippen LogP contribution in [-0.4, -0.2) is 54.7 Å². The number of hydrogen-bond donors (Lipinski definition) is 1. The summed E-state index contributed by atoms with van der Waals surface area (Å²) < 4.78 is 134. The molecule has 2 atom stereocenters. The van der Waals surface area contributed by atoms with E-state index in [-0.39, 0.29) is 42.6 Å². The number of carboxylic acid groups (broad SMARTS) is 1. The number of benzene rings is 2. The van der Waals surface area contributed by atoms with E-state index in [9.17, 15) is 58.2 Å². The molecule has 2 saturated heterocycles. The van der Waals surface area contributed by atoms with Crippen LogP contribution in [0.4, 0.5) is 35.1 Å². The molecule has 1 saturated carbocycles. The summed E-state index contributed by atoms with van der Waals surface area (Å²) in [6, 6.07) is 4.69. The molecule has 234 valence electrons. The second-order valence-corrected chi connectivity index (χ2v) is 13.7. The maximum absolute atomic E-state index is 14.6. The number of alkyl halides is 7. The third kappa shape index (κ3) is 4.78. The molecular formula is C28H25F8NO5S. The molecule has 1 amide bonds. The standard InChI is InChI=1S/C28H25F8NO5S/c29-19-5-9-22(10-6-19)43(41,42)25(17-1-3-18(4-2-17)26(30,27(31,32)33)28(34,35)36)13-16(14-25)23(38)37-20-7-8-21(37)12-15(11-20)24(39)40/h1-6,9-10,15-16,20-21H,7-8,11-14H2,(H,39,40)/t15?,16-,20?,21?,25+. The van der Waals surface area contributed by atoms with Gasteiger partial charge in [-0.25, -0.2) is 17.2 Å². The van der Waals surface area contributed by atoms with E-state index in [2.05, 4.69) is 0 Å². The molecule has 43 heavy (non-hydrogen) atoms. The van der Waals surface area contributed by atoms with Crippen LogP contribution in [0.25, 0.3) is 0 Å². The first-order valence-corrected chi connectivity index (χ1v) is 14.8. The van der Waals surface area contributed by atoms with Crippen molar-refractivity contribution < 1.29 is 58.2 Å². The van der Waals surface area contributed by atoms with Gasteiger partial charge in [0.1, 0.15) is 10.6 Å². The highest BCUT2D eigenvalue weighted by atomic mass is 32.2. The number of piperidine rings is 1. The van der Waals surface area contributed by atoms with E-state index < -0.39 is 85.4 Å². The molecule has 6 nitrogen and oxygen atoms in total. The molecule has 5 rings (SSSR count). The van der Waals surface area contributed by atoms with Crippen molar-refractivity contribution >= 4 is 21.7 Å². The minimum Gasteiger partial charge on any atom is -0.481 e. The van der Waals surface area contributed by atoms with Gasteiger partial charge < -0.3 is 10.0 Å². The zero-order valence-electron chi connectivity index (χ0n) is 22.1. The number of nitrogens with zero attached hydrogens (tertiary/aromatic N) is 1. The van der Waals surface area contributed by atoms with Crippen molar-refractivity contribution in [3.63, 3.8) is 0 Å². The van der Waals surface area contributed by atoms with Crippen LogP contribution in [-0.2, 0) is 29.8 Å². The molecule has 0 radical (unpaired) electrons. The van der Waals surface area contributed by atoms with E-state index in [4.69, 9.17) is 0 Å². The number of carbonyl (C=O) groups is 2. The van der Waals surface area contributed by atoms with Crippen LogP contribution in [0.2, 0.25) is 0 Å². The van der Waals surface area contributed by atoms with Crippen LogP contribution in [0.5, 0.6) is 0 Å². The van der Waals surface area contributed by atoms with E-state index in [0.29, 0.717) is 25.0 Å². The van der Waals surface area contributed by atoms with Gasteiger partial charge in [0.2, 0.25) is 5.91 Å². The van der Waals surface area contributed by atoms with Crippen molar-refractivity contribution in [2.45, 2.75) is 78.3 Å². The molecule has 3 aliphatic rings. The Hall–Kier alpha value is -3.23. The molecule has 2 aromatic carbocycles. The zero-order chi connectivity index (χ0) is 31.8. The fourth-order valence-corrected chi connectivity index (χ4v) is 9.03. The highest BCUT2D eigenvalue weighted by Crippen LogP contribution is 2.57. The fraction of sp³-hybridized carbons (Fsp3) is 0.500. The number of halogens is 8. The average molecular weight is 640 g/mol. The highest BCUT2D eigenvalue weighted by molar-refractivity contribution is 7.92. The summed E-state index contributed by atoms with van der Waals surface area (Å²) in [4.78, 5) is 26.3. The first-order chi connectivity index (χ1) is 19.8. The molecule has 0 spiro atoms.